The van der Waals surface area contributed by atoms with E-state index >= 15 is 0 Å². The van der Waals surface area contributed by atoms with E-state index in [0.717, 1.165) is 11.8 Å². The van der Waals surface area contributed by atoms with Gasteiger partial charge in [0.25, 0.3) is 5.22 Å². The largest absolute Gasteiger partial charge is 0.431 e. The van der Waals surface area contributed by atoms with E-state index in [1.165, 1.54) is 12.1 Å². The van der Waals surface area contributed by atoms with E-state index in [2.05, 4.69) is 10.3 Å². The summed E-state index contributed by atoms with van der Waals surface area (Å²) in [5.74, 6) is -0.748. The van der Waals surface area contributed by atoms with Gasteiger partial charge in [-0.25, -0.2) is 9.37 Å². The van der Waals surface area contributed by atoms with Crippen LogP contribution >= 0.6 is 23.4 Å². The van der Waals surface area contributed by atoms with Crippen LogP contribution in [0.4, 0.5) is 10.1 Å². The van der Waals surface area contributed by atoms with Crippen molar-refractivity contribution in [3.63, 3.8) is 0 Å². The van der Waals surface area contributed by atoms with Gasteiger partial charge in [0.15, 0.2) is 5.58 Å². The van der Waals surface area contributed by atoms with E-state index in [0.29, 0.717) is 21.3 Å². The zero-order valence-electron chi connectivity index (χ0n) is 11.2. The molecule has 1 aromatic heterocycles. The van der Waals surface area contributed by atoms with E-state index in [1.807, 2.05) is 0 Å². The fraction of sp³-hybridized carbons (Fsp3) is 0.0667. The lowest BCUT2D eigenvalue weighted by Crippen LogP contribution is -2.14. The number of anilines is 1. The van der Waals surface area contributed by atoms with E-state index in [-0.39, 0.29) is 17.3 Å². The molecule has 1 amide bonds. The Morgan fingerprint density at radius 1 is 1.32 bits per heavy atom. The Morgan fingerprint density at radius 2 is 2.14 bits per heavy atom. The standard InChI is InChI=1S/C15H10ClFN2O2S/c16-9-5-6-12-13(7-9)21-15(19-12)22-8-14(20)18-11-4-2-1-3-10(11)17/h1-7H,8H2,(H,18,20). The number of hydrogen-bond acceptors (Lipinski definition) is 4. The Labute approximate surface area is 134 Å². The molecule has 3 aromatic rings. The second-order valence-corrected chi connectivity index (χ2v) is 5.77. The third kappa shape index (κ3) is 3.40. The van der Waals surface area contributed by atoms with Crippen LogP contribution in [0.25, 0.3) is 11.1 Å². The first-order valence-corrected chi connectivity index (χ1v) is 7.71. The Bertz CT molecular complexity index is 837. The second kappa shape index (κ2) is 6.37. The predicted molar refractivity (Wildman–Crippen MR) is 84.8 cm³/mol. The third-order valence-electron chi connectivity index (χ3n) is 2.81. The highest BCUT2D eigenvalue weighted by atomic mass is 35.5. The maximum absolute atomic E-state index is 13.4. The van der Waals surface area contributed by atoms with Crippen LogP contribution in [0.3, 0.4) is 0 Å². The molecule has 0 aliphatic heterocycles. The molecule has 0 bridgehead atoms. The number of hydrogen-bond donors (Lipinski definition) is 1. The smallest absolute Gasteiger partial charge is 0.257 e. The maximum atomic E-state index is 13.4. The van der Waals surface area contributed by atoms with E-state index in [1.54, 1.807) is 30.3 Å². The summed E-state index contributed by atoms with van der Waals surface area (Å²) >= 11 is 7.00. The average molecular weight is 337 g/mol. The van der Waals surface area contributed by atoms with Gasteiger partial charge < -0.3 is 9.73 Å². The van der Waals surface area contributed by atoms with Crippen molar-refractivity contribution in [2.24, 2.45) is 0 Å². The van der Waals surface area contributed by atoms with Crippen LogP contribution in [0, 0.1) is 5.82 Å². The Balaban J connectivity index is 1.63. The molecule has 1 heterocycles. The molecular weight excluding hydrogens is 327 g/mol. The summed E-state index contributed by atoms with van der Waals surface area (Å²) in [5, 5.41) is 3.41. The molecule has 3 rings (SSSR count). The molecule has 7 heteroatoms. The average Bonchev–Trinajstić information content (AvgIpc) is 2.89. The van der Waals surface area contributed by atoms with Crippen molar-refractivity contribution < 1.29 is 13.6 Å². The molecule has 0 saturated heterocycles. The van der Waals surface area contributed by atoms with Gasteiger partial charge in [0.1, 0.15) is 11.3 Å². The molecule has 1 N–H and O–H groups in total. The van der Waals surface area contributed by atoms with Crippen molar-refractivity contribution in [2.75, 3.05) is 11.1 Å². The number of fused-ring (bicyclic) bond motifs is 1. The summed E-state index contributed by atoms with van der Waals surface area (Å²) in [7, 11) is 0. The van der Waals surface area contributed by atoms with Crippen LogP contribution in [0.15, 0.2) is 52.1 Å². The number of carbonyl (C=O) groups is 1. The number of para-hydroxylation sites is 1. The molecule has 0 radical (unpaired) electrons. The van der Waals surface area contributed by atoms with Crippen LogP contribution in [0.2, 0.25) is 5.02 Å². The third-order valence-corrected chi connectivity index (χ3v) is 3.87. The molecule has 0 unspecified atom stereocenters. The highest BCUT2D eigenvalue weighted by Gasteiger charge is 2.11. The van der Waals surface area contributed by atoms with Crippen LogP contribution in [-0.2, 0) is 4.79 Å². The Kier molecular flexibility index (Phi) is 4.31. The number of nitrogens with one attached hydrogen (secondary N) is 1. The van der Waals surface area contributed by atoms with Gasteiger partial charge in [0, 0.05) is 11.1 Å². The Morgan fingerprint density at radius 3 is 2.95 bits per heavy atom. The van der Waals surface area contributed by atoms with Crippen LogP contribution in [0.5, 0.6) is 0 Å². The van der Waals surface area contributed by atoms with Gasteiger partial charge in [-0.3, -0.25) is 4.79 Å². The molecule has 0 saturated carbocycles. The molecule has 0 aliphatic carbocycles. The van der Waals surface area contributed by atoms with Crippen LogP contribution in [-0.4, -0.2) is 16.6 Å². The van der Waals surface area contributed by atoms with E-state index in [9.17, 15) is 9.18 Å². The molecule has 112 valence electrons. The minimum atomic E-state index is -0.475. The molecule has 4 nitrogen and oxygen atoms in total. The van der Waals surface area contributed by atoms with E-state index in [4.69, 9.17) is 16.0 Å². The fourth-order valence-corrected chi connectivity index (χ4v) is 2.62. The van der Waals surface area contributed by atoms with Crippen LogP contribution < -0.4 is 5.32 Å². The van der Waals surface area contributed by atoms with Crippen molar-refractivity contribution >= 4 is 46.1 Å². The van der Waals surface area contributed by atoms with Gasteiger partial charge in [0.05, 0.1) is 11.4 Å². The quantitative estimate of drug-likeness (QED) is 0.720. The van der Waals surface area contributed by atoms with Crippen molar-refractivity contribution in [3.05, 3.63) is 53.3 Å². The molecule has 0 fully saturated rings. The first-order chi connectivity index (χ1) is 10.6. The monoisotopic (exact) mass is 336 g/mol. The van der Waals surface area contributed by atoms with Gasteiger partial charge in [0.2, 0.25) is 5.91 Å². The SMILES string of the molecule is O=C(CSc1nc2ccc(Cl)cc2o1)Nc1ccccc1F. The number of carbonyl (C=O) groups excluding carboxylic acids is 1. The number of nitrogens with zero attached hydrogens (tertiary/aromatic N) is 1. The summed E-state index contributed by atoms with van der Waals surface area (Å²) in [6, 6.07) is 11.1. The molecule has 0 spiro atoms. The minimum Gasteiger partial charge on any atom is -0.431 e. The number of oxazole rings is 1. The topological polar surface area (TPSA) is 55.1 Å². The van der Waals surface area contributed by atoms with Crippen molar-refractivity contribution in [1.29, 1.82) is 0 Å². The minimum absolute atomic E-state index is 0.0644. The van der Waals surface area contributed by atoms with Gasteiger partial charge >= 0.3 is 0 Å². The summed E-state index contributed by atoms with van der Waals surface area (Å²) in [5.41, 5.74) is 1.38. The lowest BCUT2D eigenvalue weighted by molar-refractivity contribution is -0.113. The van der Waals surface area contributed by atoms with Gasteiger partial charge in [-0.05, 0) is 24.3 Å². The molecule has 0 aliphatic rings. The number of aromatic nitrogens is 1. The zero-order chi connectivity index (χ0) is 15.5. The first-order valence-electron chi connectivity index (χ1n) is 6.35. The van der Waals surface area contributed by atoms with E-state index < -0.39 is 5.82 Å². The molecule has 22 heavy (non-hydrogen) atoms. The number of thioether (sulfide) groups is 1. The maximum Gasteiger partial charge on any atom is 0.257 e. The Hall–Kier alpha value is -2.05. The number of rotatable bonds is 4. The normalized spacial score (nSPS) is 10.8. The second-order valence-electron chi connectivity index (χ2n) is 4.41. The van der Waals surface area contributed by atoms with Gasteiger partial charge in [-0.2, -0.15) is 0 Å². The van der Waals surface area contributed by atoms with Crippen molar-refractivity contribution in [1.82, 2.24) is 4.98 Å². The first kappa shape index (κ1) is 14.9. The highest BCUT2D eigenvalue weighted by molar-refractivity contribution is 7.99. The zero-order valence-corrected chi connectivity index (χ0v) is 12.7. The van der Waals surface area contributed by atoms with Crippen LogP contribution in [0.1, 0.15) is 0 Å². The fourth-order valence-electron chi connectivity index (χ4n) is 1.82. The number of benzene rings is 2. The molecular formula is C15H10ClFN2O2S. The summed E-state index contributed by atoms with van der Waals surface area (Å²) in [6.07, 6.45) is 0. The number of amides is 1. The number of halogens is 2. The summed E-state index contributed by atoms with van der Waals surface area (Å²) in [4.78, 5) is 16.1. The van der Waals surface area contributed by atoms with Gasteiger partial charge in [-0.15, -0.1) is 0 Å². The highest BCUT2D eigenvalue weighted by Crippen LogP contribution is 2.25. The lowest BCUT2D eigenvalue weighted by Gasteiger charge is -2.04. The lowest BCUT2D eigenvalue weighted by atomic mass is 10.3. The molecule has 0 atom stereocenters. The van der Waals surface area contributed by atoms with Gasteiger partial charge in [-0.1, -0.05) is 35.5 Å². The summed E-state index contributed by atoms with van der Waals surface area (Å²) < 4.78 is 18.9. The molecule has 2 aromatic carbocycles. The summed E-state index contributed by atoms with van der Waals surface area (Å²) in [6.45, 7) is 0. The van der Waals surface area contributed by atoms with Crippen molar-refractivity contribution in [2.45, 2.75) is 5.22 Å². The predicted octanol–water partition coefficient (Wildman–Crippen LogP) is 4.35. The van der Waals surface area contributed by atoms with Crippen molar-refractivity contribution in [3.8, 4) is 0 Å².